The first-order valence-corrected chi connectivity index (χ1v) is 10.2. The Morgan fingerprint density at radius 1 is 1.32 bits per heavy atom. The number of morpholine rings is 1. The number of carbonyl (C=O) groups is 2. The summed E-state index contributed by atoms with van der Waals surface area (Å²) < 4.78 is 5.17. The average Bonchev–Trinajstić information content (AvgIpc) is 2.61. The van der Waals surface area contributed by atoms with Gasteiger partial charge in [0.25, 0.3) is 5.91 Å². The lowest BCUT2D eigenvalue weighted by Gasteiger charge is -2.42. The quantitative estimate of drug-likeness (QED) is 0.709. The number of nitrogens with one attached hydrogen (secondary N) is 1. The molecule has 28 heavy (non-hydrogen) atoms. The van der Waals surface area contributed by atoms with E-state index in [1.807, 2.05) is 24.3 Å². The molecule has 2 aliphatic rings. The van der Waals surface area contributed by atoms with E-state index in [9.17, 15) is 9.59 Å². The lowest BCUT2D eigenvalue weighted by Crippen LogP contribution is -2.55. The van der Waals surface area contributed by atoms with Gasteiger partial charge < -0.3 is 20.7 Å². The summed E-state index contributed by atoms with van der Waals surface area (Å²) in [6.07, 6.45) is 3.50. The number of hydrogen-bond acceptors (Lipinski definition) is 5. The Bertz CT molecular complexity index is 673. The van der Waals surface area contributed by atoms with Crippen molar-refractivity contribution in [3.05, 3.63) is 24.3 Å². The molecule has 7 nitrogen and oxygen atoms in total. The average molecular weight is 389 g/mol. The standard InChI is InChI=1S/C21H32N4O3/c1-15(2)13-25(17-4-3-5-17)19(12-22)21(27)23-16-6-8-18(9-7-16)24-10-11-28-14-20(24)26/h6-9,15,17,19H,3-5,10-14,22H2,1-2H3,(H,23,27)/t19-/m1/s1. The molecule has 3 rings (SSSR count). The molecule has 0 spiro atoms. The molecule has 1 heterocycles. The Morgan fingerprint density at radius 3 is 2.57 bits per heavy atom. The molecular weight excluding hydrogens is 356 g/mol. The van der Waals surface area contributed by atoms with Crippen LogP contribution in [0.4, 0.5) is 11.4 Å². The zero-order valence-corrected chi connectivity index (χ0v) is 16.9. The van der Waals surface area contributed by atoms with Gasteiger partial charge >= 0.3 is 0 Å². The fourth-order valence-corrected chi connectivity index (χ4v) is 3.81. The third-order valence-electron chi connectivity index (χ3n) is 5.48. The number of nitrogens with two attached hydrogens (primary N) is 1. The third kappa shape index (κ3) is 4.90. The summed E-state index contributed by atoms with van der Waals surface area (Å²) in [7, 11) is 0. The molecule has 1 aliphatic heterocycles. The van der Waals surface area contributed by atoms with Crippen LogP contribution in [0.1, 0.15) is 33.1 Å². The van der Waals surface area contributed by atoms with Gasteiger partial charge in [0.2, 0.25) is 5.91 Å². The van der Waals surface area contributed by atoms with E-state index < -0.39 is 0 Å². The van der Waals surface area contributed by atoms with Crippen LogP contribution in [0.15, 0.2) is 24.3 Å². The van der Waals surface area contributed by atoms with Crippen LogP contribution < -0.4 is 16.0 Å². The highest BCUT2D eigenvalue weighted by atomic mass is 16.5. The van der Waals surface area contributed by atoms with E-state index in [1.165, 1.54) is 6.42 Å². The second-order valence-corrected chi connectivity index (χ2v) is 8.06. The minimum absolute atomic E-state index is 0.0453. The Kier molecular flexibility index (Phi) is 7.04. The molecule has 0 bridgehead atoms. The maximum Gasteiger partial charge on any atom is 0.253 e. The number of nitrogens with zero attached hydrogens (tertiary/aromatic N) is 2. The Morgan fingerprint density at radius 2 is 2.04 bits per heavy atom. The smallest absolute Gasteiger partial charge is 0.253 e. The van der Waals surface area contributed by atoms with Crippen molar-refractivity contribution in [3.63, 3.8) is 0 Å². The van der Waals surface area contributed by atoms with Crippen LogP contribution in [0.3, 0.4) is 0 Å². The second-order valence-electron chi connectivity index (χ2n) is 8.06. The zero-order valence-electron chi connectivity index (χ0n) is 16.9. The Labute approximate surface area is 167 Å². The molecule has 3 N–H and O–H groups in total. The van der Waals surface area contributed by atoms with Crippen molar-refractivity contribution in [2.45, 2.75) is 45.2 Å². The van der Waals surface area contributed by atoms with Crippen LogP contribution in [0.25, 0.3) is 0 Å². The molecule has 154 valence electrons. The summed E-state index contributed by atoms with van der Waals surface area (Å²) in [5.74, 6) is 0.370. The van der Waals surface area contributed by atoms with Gasteiger partial charge in [-0.2, -0.15) is 0 Å². The highest BCUT2D eigenvalue weighted by Gasteiger charge is 2.34. The first kappa shape index (κ1) is 20.8. The summed E-state index contributed by atoms with van der Waals surface area (Å²) in [4.78, 5) is 28.9. The first-order chi connectivity index (χ1) is 13.5. The van der Waals surface area contributed by atoms with Crippen molar-refractivity contribution in [1.29, 1.82) is 0 Å². The summed E-state index contributed by atoms with van der Waals surface area (Å²) in [6.45, 7) is 6.71. The van der Waals surface area contributed by atoms with E-state index in [0.29, 0.717) is 37.3 Å². The van der Waals surface area contributed by atoms with Crippen molar-refractivity contribution in [2.24, 2.45) is 11.7 Å². The SMILES string of the molecule is CC(C)CN(C1CCC1)[C@H](CN)C(=O)Nc1ccc(N2CCOCC2=O)cc1. The van der Waals surface area contributed by atoms with Gasteiger partial charge in [0.05, 0.1) is 6.61 Å². The number of carbonyl (C=O) groups excluding carboxylic acids is 2. The lowest BCUT2D eigenvalue weighted by atomic mass is 9.89. The summed E-state index contributed by atoms with van der Waals surface area (Å²) in [5, 5.41) is 3.00. The van der Waals surface area contributed by atoms with Crippen LogP contribution in [-0.4, -0.2) is 61.6 Å². The van der Waals surface area contributed by atoms with Crippen molar-refractivity contribution < 1.29 is 14.3 Å². The number of anilines is 2. The highest BCUT2D eigenvalue weighted by Crippen LogP contribution is 2.28. The minimum atomic E-state index is -0.326. The predicted octanol–water partition coefficient (Wildman–Crippen LogP) is 1.83. The van der Waals surface area contributed by atoms with Gasteiger partial charge in [0.1, 0.15) is 12.6 Å². The van der Waals surface area contributed by atoms with Gasteiger partial charge in [-0.1, -0.05) is 20.3 Å². The molecule has 1 aliphatic carbocycles. The van der Waals surface area contributed by atoms with Gasteiger partial charge in [0, 0.05) is 37.1 Å². The summed E-state index contributed by atoms with van der Waals surface area (Å²) in [5.41, 5.74) is 7.53. The van der Waals surface area contributed by atoms with E-state index in [-0.39, 0.29) is 24.5 Å². The molecule has 2 fully saturated rings. The van der Waals surface area contributed by atoms with Crippen LogP contribution in [0.2, 0.25) is 0 Å². The number of ether oxygens (including phenoxy) is 1. The van der Waals surface area contributed by atoms with E-state index in [2.05, 4.69) is 24.1 Å². The molecule has 7 heteroatoms. The maximum absolute atomic E-state index is 12.9. The van der Waals surface area contributed by atoms with Gasteiger partial charge in [0.15, 0.2) is 0 Å². The predicted molar refractivity (Wildman–Crippen MR) is 110 cm³/mol. The third-order valence-corrected chi connectivity index (χ3v) is 5.48. The topological polar surface area (TPSA) is 87.9 Å². The molecule has 1 saturated heterocycles. The van der Waals surface area contributed by atoms with Crippen LogP contribution in [0.5, 0.6) is 0 Å². The van der Waals surface area contributed by atoms with Gasteiger partial charge in [-0.25, -0.2) is 0 Å². The maximum atomic E-state index is 12.9. The van der Waals surface area contributed by atoms with E-state index in [1.54, 1.807) is 4.90 Å². The second kappa shape index (κ2) is 9.49. The summed E-state index contributed by atoms with van der Waals surface area (Å²) >= 11 is 0. The molecule has 0 aromatic heterocycles. The van der Waals surface area contributed by atoms with E-state index >= 15 is 0 Å². The highest BCUT2D eigenvalue weighted by molar-refractivity contribution is 5.97. The number of rotatable bonds is 8. The molecule has 1 saturated carbocycles. The summed E-state index contributed by atoms with van der Waals surface area (Å²) in [6, 6.07) is 7.51. The van der Waals surface area contributed by atoms with Crippen molar-refractivity contribution in [3.8, 4) is 0 Å². The monoisotopic (exact) mass is 388 g/mol. The molecular formula is C21H32N4O3. The van der Waals surface area contributed by atoms with Gasteiger partial charge in [-0.05, 0) is 43.0 Å². The molecule has 0 unspecified atom stereocenters. The van der Waals surface area contributed by atoms with Crippen molar-refractivity contribution in [1.82, 2.24) is 4.90 Å². The minimum Gasteiger partial charge on any atom is -0.370 e. The van der Waals surface area contributed by atoms with Crippen LogP contribution in [-0.2, 0) is 14.3 Å². The normalized spacial score (nSPS) is 19.0. The molecule has 1 atom stereocenters. The Balaban J connectivity index is 1.65. The zero-order chi connectivity index (χ0) is 20.1. The fourth-order valence-electron chi connectivity index (χ4n) is 3.81. The Hall–Kier alpha value is -1.96. The molecule has 1 aromatic carbocycles. The van der Waals surface area contributed by atoms with Gasteiger partial charge in [-0.15, -0.1) is 0 Å². The number of amides is 2. The van der Waals surface area contributed by atoms with Gasteiger partial charge in [-0.3, -0.25) is 14.5 Å². The van der Waals surface area contributed by atoms with E-state index in [4.69, 9.17) is 10.5 Å². The fraction of sp³-hybridized carbons (Fsp3) is 0.619. The van der Waals surface area contributed by atoms with Crippen molar-refractivity contribution in [2.75, 3.05) is 43.1 Å². The molecule has 2 amide bonds. The molecule has 1 aromatic rings. The number of hydrogen-bond donors (Lipinski definition) is 2. The van der Waals surface area contributed by atoms with E-state index in [0.717, 1.165) is 25.1 Å². The molecule has 0 radical (unpaired) electrons. The van der Waals surface area contributed by atoms with Crippen LogP contribution in [0, 0.1) is 5.92 Å². The largest absolute Gasteiger partial charge is 0.370 e. The van der Waals surface area contributed by atoms with Crippen LogP contribution >= 0.6 is 0 Å². The van der Waals surface area contributed by atoms with Crippen molar-refractivity contribution >= 4 is 23.2 Å². The lowest BCUT2D eigenvalue weighted by molar-refractivity contribution is -0.125. The number of benzene rings is 1. The first-order valence-electron chi connectivity index (χ1n) is 10.2.